The fourth-order valence-corrected chi connectivity index (χ4v) is 6.32. The summed E-state index contributed by atoms with van der Waals surface area (Å²) in [7, 11) is 0. The second-order valence-corrected chi connectivity index (χ2v) is 9.86. The molecular formula is C25H20O5. The number of hydrogen-bond donors (Lipinski definition) is 0. The van der Waals surface area contributed by atoms with E-state index in [1.807, 2.05) is 18.2 Å². The van der Waals surface area contributed by atoms with Crippen molar-refractivity contribution in [3.8, 4) is 0 Å². The summed E-state index contributed by atoms with van der Waals surface area (Å²) in [5.41, 5.74) is 5.92. The fraction of sp³-hybridized carbons (Fsp3) is 0.320. The summed E-state index contributed by atoms with van der Waals surface area (Å²) in [5, 5.41) is 0. The largest absolute Gasteiger partial charge is 0.423 e. The average molecular weight is 400 g/mol. The molecule has 0 N–H and O–H groups in total. The maximum atomic E-state index is 12.3. The minimum Gasteiger partial charge on any atom is -0.423 e. The van der Waals surface area contributed by atoms with E-state index in [-0.39, 0.29) is 28.6 Å². The van der Waals surface area contributed by atoms with E-state index in [4.69, 9.17) is 9.47 Å². The Balaban J connectivity index is 1.63. The normalized spacial score (nSPS) is 26.0. The van der Waals surface area contributed by atoms with Gasteiger partial charge in [-0.3, -0.25) is 0 Å². The molecule has 0 bridgehead atoms. The van der Waals surface area contributed by atoms with Gasteiger partial charge in [0.05, 0.1) is 16.7 Å². The van der Waals surface area contributed by atoms with Crippen LogP contribution in [0.1, 0.15) is 98.4 Å². The Labute approximate surface area is 173 Å². The predicted molar refractivity (Wildman–Crippen MR) is 109 cm³/mol. The van der Waals surface area contributed by atoms with Gasteiger partial charge in [-0.05, 0) is 57.3 Å². The highest BCUT2D eigenvalue weighted by Crippen LogP contribution is 2.67. The van der Waals surface area contributed by atoms with Gasteiger partial charge in [-0.15, -0.1) is 0 Å². The van der Waals surface area contributed by atoms with Gasteiger partial charge in [0.2, 0.25) is 0 Å². The highest BCUT2D eigenvalue weighted by molar-refractivity contribution is 6.15. The number of carbonyl (C=O) groups is 3. The van der Waals surface area contributed by atoms with Crippen LogP contribution in [0.2, 0.25) is 0 Å². The first-order valence-corrected chi connectivity index (χ1v) is 10.1. The van der Waals surface area contributed by atoms with Crippen LogP contribution in [0, 0.1) is 0 Å². The van der Waals surface area contributed by atoms with Crippen molar-refractivity contribution in [2.45, 2.75) is 50.4 Å². The minimum absolute atomic E-state index is 0.109. The average Bonchev–Trinajstić information content (AvgIpc) is 3.28. The lowest BCUT2D eigenvalue weighted by atomic mass is 9.72. The number of benzene rings is 2. The van der Waals surface area contributed by atoms with Crippen LogP contribution in [0.3, 0.4) is 0 Å². The molecule has 2 aliphatic carbocycles. The van der Waals surface area contributed by atoms with E-state index in [1.165, 1.54) is 5.56 Å². The molecule has 0 saturated heterocycles. The molecule has 2 heterocycles. The van der Waals surface area contributed by atoms with Crippen LogP contribution in [0.25, 0.3) is 5.76 Å². The van der Waals surface area contributed by atoms with Gasteiger partial charge in [0.15, 0.2) is 0 Å². The van der Waals surface area contributed by atoms with Gasteiger partial charge in [0.25, 0.3) is 0 Å². The van der Waals surface area contributed by atoms with Crippen molar-refractivity contribution >= 4 is 23.7 Å². The quantitative estimate of drug-likeness (QED) is 0.478. The van der Waals surface area contributed by atoms with Gasteiger partial charge in [0.1, 0.15) is 5.76 Å². The van der Waals surface area contributed by atoms with Crippen LogP contribution in [0.5, 0.6) is 0 Å². The second-order valence-electron chi connectivity index (χ2n) is 9.86. The van der Waals surface area contributed by atoms with E-state index < -0.39 is 11.9 Å². The Hall–Kier alpha value is -3.21. The van der Waals surface area contributed by atoms with Gasteiger partial charge in [-0.2, -0.15) is 0 Å². The molecule has 6 rings (SSSR count). The summed E-state index contributed by atoms with van der Waals surface area (Å²) < 4.78 is 10.1. The molecule has 0 spiro atoms. The Morgan fingerprint density at radius 1 is 0.667 bits per heavy atom. The monoisotopic (exact) mass is 400 g/mol. The van der Waals surface area contributed by atoms with Crippen molar-refractivity contribution in [2.75, 3.05) is 0 Å². The lowest BCUT2D eigenvalue weighted by Crippen LogP contribution is -2.25. The van der Waals surface area contributed by atoms with Crippen LogP contribution in [-0.4, -0.2) is 17.9 Å². The molecule has 5 heteroatoms. The zero-order chi connectivity index (χ0) is 21.3. The van der Waals surface area contributed by atoms with Gasteiger partial charge < -0.3 is 9.47 Å². The van der Waals surface area contributed by atoms with Crippen LogP contribution in [-0.2, 0) is 20.3 Å². The first-order chi connectivity index (χ1) is 14.0. The molecule has 0 aromatic heterocycles. The van der Waals surface area contributed by atoms with Crippen molar-refractivity contribution in [3.05, 3.63) is 75.4 Å². The first kappa shape index (κ1) is 17.6. The summed E-state index contributed by atoms with van der Waals surface area (Å²) in [4.78, 5) is 36.7. The maximum Gasteiger partial charge on any atom is 0.346 e. The number of fused-ring (bicyclic) bond motifs is 7. The number of carbonyl (C=O) groups excluding carboxylic acids is 3. The Kier molecular flexibility index (Phi) is 2.89. The molecule has 0 fully saturated rings. The van der Waals surface area contributed by atoms with Crippen LogP contribution in [0.15, 0.2) is 30.8 Å². The Morgan fingerprint density at radius 3 is 1.60 bits per heavy atom. The molecule has 2 aliphatic heterocycles. The topological polar surface area (TPSA) is 69.7 Å². The van der Waals surface area contributed by atoms with Gasteiger partial charge in [0, 0.05) is 17.4 Å². The predicted octanol–water partition coefficient (Wildman–Crippen LogP) is 4.59. The third kappa shape index (κ3) is 1.78. The Bertz CT molecular complexity index is 1180. The van der Waals surface area contributed by atoms with Crippen LogP contribution < -0.4 is 0 Å². The Morgan fingerprint density at radius 2 is 1.07 bits per heavy atom. The summed E-state index contributed by atoms with van der Waals surface area (Å²) in [6.45, 7) is 12.6. The summed E-state index contributed by atoms with van der Waals surface area (Å²) in [6.07, 6.45) is 0. The molecule has 2 aromatic carbocycles. The number of cyclic esters (lactones) is 3. The molecule has 150 valence electrons. The fourth-order valence-electron chi connectivity index (χ4n) is 6.32. The van der Waals surface area contributed by atoms with Gasteiger partial charge in [-0.1, -0.05) is 34.3 Å². The van der Waals surface area contributed by atoms with Crippen molar-refractivity contribution in [3.63, 3.8) is 0 Å². The third-order valence-electron chi connectivity index (χ3n) is 7.69. The summed E-state index contributed by atoms with van der Waals surface area (Å²) in [6, 6.07) is 7.73. The molecule has 0 radical (unpaired) electrons. The molecule has 0 saturated carbocycles. The number of esters is 3. The zero-order valence-electron chi connectivity index (χ0n) is 17.2. The number of hydrogen-bond acceptors (Lipinski definition) is 5. The molecule has 2 atom stereocenters. The van der Waals surface area contributed by atoms with Crippen molar-refractivity contribution in [1.29, 1.82) is 0 Å². The summed E-state index contributed by atoms with van der Waals surface area (Å²) >= 11 is 0. The van der Waals surface area contributed by atoms with E-state index >= 15 is 0 Å². The first-order valence-electron chi connectivity index (χ1n) is 10.1. The van der Waals surface area contributed by atoms with Crippen LogP contribution in [0.4, 0.5) is 0 Å². The molecule has 30 heavy (non-hydrogen) atoms. The minimum atomic E-state index is -0.579. The zero-order valence-corrected chi connectivity index (χ0v) is 17.2. The molecule has 2 aromatic rings. The summed E-state index contributed by atoms with van der Waals surface area (Å²) in [5.74, 6) is -0.907. The van der Waals surface area contributed by atoms with Gasteiger partial charge in [-0.25, -0.2) is 14.4 Å². The number of ether oxygens (including phenoxy) is 2. The van der Waals surface area contributed by atoms with Crippen molar-refractivity contribution < 1.29 is 23.9 Å². The van der Waals surface area contributed by atoms with Crippen molar-refractivity contribution in [2.24, 2.45) is 0 Å². The lowest BCUT2D eigenvalue weighted by molar-refractivity contribution is 0.0443. The molecule has 2 unspecified atom stereocenters. The highest BCUT2D eigenvalue weighted by Gasteiger charge is 2.59. The van der Waals surface area contributed by atoms with Crippen LogP contribution >= 0.6 is 0 Å². The van der Waals surface area contributed by atoms with E-state index in [0.717, 1.165) is 22.3 Å². The number of rotatable bonds is 0. The molecule has 0 amide bonds. The molecule has 5 nitrogen and oxygen atoms in total. The van der Waals surface area contributed by atoms with E-state index in [9.17, 15) is 14.4 Å². The highest BCUT2D eigenvalue weighted by atomic mass is 16.6. The van der Waals surface area contributed by atoms with E-state index in [1.54, 1.807) is 0 Å². The molecule has 4 aliphatic rings. The standard InChI is InChI=1S/C25H20O5/c1-10-11-8-17-15(6-12(11)21(26)29-10)19-20(24(17,2)3)16-7-13-14(23(28)30-22(13)27)9-18(16)25(19,4)5/h6-9,19-20H,1H2,2-5H3. The second kappa shape index (κ2) is 4.91. The molecular weight excluding hydrogens is 380 g/mol. The third-order valence-corrected chi connectivity index (χ3v) is 7.69. The lowest BCUT2D eigenvalue weighted by Gasteiger charge is -2.31. The van der Waals surface area contributed by atoms with E-state index in [0.29, 0.717) is 22.4 Å². The SMILES string of the molecule is C=C1OC(=O)c2cc3c(cc21)C(C)(C)C1c2cc4c(cc2C(C)(C)C31)C(=O)OC4=O. The van der Waals surface area contributed by atoms with E-state index in [2.05, 4.69) is 40.3 Å². The van der Waals surface area contributed by atoms with Gasteiger partial charge >= 0.3 is 17.9 Å². The van der Waals surface area contributed by atoms with Crippen molar-refractivity contribution in [1.82, 2.24) is 0 Å². The smallest absolute Gasteiger partial charge is 0.346 e. The maximum absolute atomic E-state index is 12.3.